The number of hydrogen-bond donors (Lipinski definition) is 1. The third kappa shape index (κ3) is 2.36. The van der Waals surface area contributed by atoms with Crippen LogP contribution in [0.3, 0.4) is 0 Å². The lowest BCUT2D eigenvalue weighted by Gasteiger charge is -2.38. The SMILES string of the molecule is CC(C)C[C@@H]1CNC(=O)N(C)C1C. The molecule has 1 aliphatic heterocycles. The molecule has 1 saturated heterocycles. The highest BCUT2D eigenvalue weighted by molar-refractivity contribution is 5.75. The molecule has 1 rings (SSSR count). The number of hydrogen-bond acceptors (Lipinski definition) is 1. The van der Waals surface area contributed by atoms with Crippen LogP contribution in [0.2, 0.25) is 0 Å². The van der Waals surface area contributed by atoms with Gasteiger partial charge in [-0.3, -0.25) is 0 Å². The van der Waals surface area contributed by atoms with Crippen LogP contribution in [0.25, 0.3) is 0 Å². The van der Waals surface area contributed by atoms with Gasteiger partial charge in [0.2, 0.25) is 0 Å². The van der Waals surface area contributed by atoms with Gasteiger partial charge in [0.05, 0.1) is 0 Å². The number of nitrogens with one attached hydrogen (secondary N) is 1. The van der Waals surface area contributed by atoms with Gasteiger partial charge in [-0.15, -0.1) is 0 Å². The number of amides is 2. The molecule has 0 aromatic rings. The maximum Gasteiger partial charge on any atom is 0.317 e. The lowest BCUT2D eigenvalue weighted by molar-refractivity contribution is 0.138. The molecule has 0 aromatic carbocycles. The summed E-state index contributed by atoms with van der Waals surface area (Å²) in [6, 6.07) is 0.434. The van der Waals surface area contributed by atoms with Crippen molar-refractivity contribution in [2.24, 2.45) is 11.8 Å². The second kappa shape index (κ2) is 3.99. The van der Waals surface area contributed by atoms with Crippen molar-refractivity contribution in [3.63, 3.8) is 0 Å². The van der Waals surface area contributed by atoms with Crippen LogP contribution < -0.4 is 5.32 Å². The molecule has 1 aliphatic rings. The first-order chi connectivity index (χ1) is 6.02. The van der Waals surface area contributed by atoms with Gasteiger partial charge in [-0.1, -0.05) is 13.8 Å². The second-order valence-electron chi connectivity index (χ2n) is 4.43. The number of rotatable bonds is 2. The molecule has 0 bridgehead atoms. The number of urea groups is 1. The van der Waals surface area contributed by atoms with E-state index >= 15 is 0 Å². The quantitative estimate of drug-likeness (QED) is 0.696. The van der Waals surface area contributed by atoms with Gasteiger partial charge < -0.3 is 10.2 Å². The molecule has 2 amide bonds. The third-order valence-electron chi connectivity index (χ3n) is 2.90. The minimum absolute atomic E-state index is 0.0625. The van der Waals surface area contributed by atoms with Gasteiger partial charge in [0, 0.05) is 19.6 Å². The van der Waals surface area contributed by atoms with Gasteiger partial charge in [0.25, 0.3) is 0 Å². The van der Waals surface area contributed by atoms with Crippen molar-refractivity contribution in [1.29, 1.82) is 0 Å². The maximum atomic E-state index is 11.3. The molecule has 0 saturated carbocycles. The Kier molecular flexibility index (Phi) is 3.17. The van der Waals surface area contributed by atoms with Gasteiger partial charge in [0.1, 0.15) is 0 Å². The van der Waals surface area contributed by atoms with Crippen molar-refractivity contribution in [2.75, 3.05) is 13.6 Å². The van der Waals surface area contributed by atoms with Crippen LogP contribution >= 0.6 is 0 Å². The van der Waals surface area contributed by atoms with Crippen LogP contribution in [0.4, 0.5) is 4.79 Å². The Hall–Kier alpha value is -0.730. The van der Waals surface area contributed by atoms with E-state index in [1.54, 1.807) is 4.90 Å². The van der Waals surface area contributed by atoms with E-state index in [9.17, 15) is 4.79 Å². The van der Waals surface area contributed by atoms with Gasteiger partial charge in [0.15, 0.2) is 0 Å². The van der Waals surface area contributed by atoms with Crippen LogP contribution in [0.15, 0.2) is 0 Å². The van der Waals surface area contributed by atoms with Crippen molar-refractivity contribution in [3.05, 3.63) is 0 Å². The Morgan fingerprint density at radius 1 is 1.62 bits per heavy atom. The van der Waals surface area contributed by atoms with Gasteiger partial charge in [-0.2, -0.15) is 0 Å². The monoisotopic (exact) mass is 184 g/mol. The third-order valence-corrected chi connectivity index (χ3v) is 2.90. The molecular formula is C10H20N2O. The Morgan fingerprint density at radius 2 is 2.23 bits per heavy atom. The predicted octanol–water partition coefficient (Wildman–Crippen LogP) is 1.69. The molecule has 1 heterocycles. The molecule has 13 heavy (non-hydrogen) atoms. The number of carbonyl (C=O) groups is 1. The summed E-state index contributed by atoms with van der Waals surface area (Å²) in [4.78, 5) is 13.1. The fourth-order valence-electron chi connectivity index (χ4n) is 1.90. The standard InChI is InChI=1S/C10H20N2O/c1-7(2)5-9-6-11-10(13)12(4)8(9)3/h7-9H,5-6H2,1-4H3,(H,11,13)/t8?,9-/m1/s1. The number of carbonyl (C=O) groups excluding carboxylic acids is 1. The van der Waals surface area contributed by atoms with Crippen molar-refractivity contribution in [1.82, 2.24) is 10.2 Å². The highest BCUT2D eigenvalue weighted by Crippen LogP contribution is 2.21. The largest absolute Gasteiger partial charge is 0.338 e. The lowest BCUT2D eigenvalue weighted by atomic mass is 9.89. The summed E-state index contributed by atoms with van der Waals surface area (Å²) in [5.74, 6) is 1.30. The van der Waals surface area contributed by atoms with Gasteiger partial charge in [-0.05, 0) is 25.2 Å². The summed E-state index contributed by atoms with van der Waals surface area (Å²) in [7, 11) is 1.87. The molecule has 0 spiro atoms. The topological polar surface area (TPSA) is 32.3 Å². The zero-order chi connectivity index (χ0) is 10.0. The van der Waals surface area contributed by atoms with E-state index in [4.69, 9.17) is 0 Å². The average molecular weight is 184 g/mol. The molecule has 1 unspecified atom stereocenters. The zero-order valence-corrected chi connectivity index (χ0v) is 9.00. The van der Waals surface area contributed by atoms with E-state index in [1.807, 2.05) is 7.05 Å². The molecule has 0 aliphatic carbocycles. The van der Waals surface area contributed by atoms with Crippen molar-refractivity contribution in [2.45, 2.75) is 33.2 Å². The minimum atomic E-state index is 0.0625. The van der Waals surface area contributed by atoms with E-state index in [-0.39, 0.29) is 6.03 Å². The number of nitrogens with zero attached hydrogens (tertiary/aromatic N) is 1. The molecule has 0 aromatic heterocycles. The van der Waals surface area contributed by atoms with Crippen LogP contribution in [0.1, 0.15) is 27.2 Å². The fourth-order valence-corrected chi connectivity index (χ4v) is 1.90. The summed E-state index contributed by atoms with van der Waals surface area (Å²) >= 11 is 0. The van der Waals surface area contributed by atoms with E-state index < -0.39 is 0 Å². The second-order valence-corrected chi connectivity index (χ2v) is 4.43. The molecule has 0 radical (unpaired) electrons. The van der Waals surface area contributed by atoms with Crippen molar-refractivity contribution < 1.29 is 4.79 Å². The summed E-state index contributed by atoms with van der Waals surface area (Å²) in [6.45, 7) is 7.42. The first-order valence-electron chi connectivity index (χ1n) is 5.03. The Bertz CT molecular complexity index is 191. The van der Waals surface area contributed by atoms with E-state index in [1.165, 1.54) is 6.42 Å². The van der Waals surface area contributed by atoms with Crippen molar-refractivity contribution in [3.8, 4) is 0 Å². The summed E-state index contributed by atoms with van der Waals surface area (Å²) in [5, 5.41) is 2.90. The van der Waals surface area contributed by atoms with E-state index in [0.29, 0.717) is 17.9 Å². The first kappa shape index (κ1) is 10.4. The van der Waals surface area contributed by atoms with Crippen LogP contribution in [-0.4, -0.2) is 30.6 Å². The first-order valence-corrected chi connectivity index (χ1v) is 5.03. The summed E-state index contributed by atoms with van der Waals surface area (Å²) in [6.07, 6.45) is 1.19. The zero-order valence-electron chi connectivity index (χ0n) is 9.00. The minimum Gasteiger partial charge on any atom is -0.338 e. The highest BCUT2D eigenvalue weighted by Gasteiger charge is 2.29. The molecule has 3 nitrogen and oxygen atoms in total. The fraction of sp³-hybridized carbons (Fsp3) is 0.900. The smallest absolute Gasteiger partial charge is 0.317 e. The average Bonchev–Trinajstić information content (AvgIpc) is 2.06. The van der Waals surface area contributed by atoms with Crippen molar-refractivity contribution >= 4 is 6.03 Å². The predicted molar refractivity (Wildman–Crippen MR) is 53.6 cm³/mol. The maximum absolute atomic E-state index is 11.3. The van der Waals surface area contributed by atoms with Crippen LogP contribution in [0, 0.1) is 11.8 Å². The highest BCUT2D eigenvalue weighted by atomic mass is 16.2. The van der Waals surface area contributed by atoms with Gasteiger partial charge >= 0.3 is 6.03 Å². The lowest BCUT2D eigenvalue weighted by Crippen LogP contribution is -2.54. The Morgan fingerprint density at radius 3 is 2.77 bits per heavy atom. The van der Waals surface area contributed by atoms with E-state index in [2.05, 4.69) is 26.1 Å². The summed E-state index contributed by atoms with van der Waals surface area (Å²) < 4.78 is 0. The molecule has 1 fully saturated rings. The molecule has 76 valence electrons. The van der Waals surface area contributed by atoms with Gasteiger partial charge in [-0.25, -0.2) is 4.79 Å². The normalized spacial score (nSPS) is 29.3. The molecule has 2 atom stereocenters. The van der Waals surface area contributed by atoms with Crippen LogP contribution in [0.5, 0.6) is 0 Å². The Balaban J connectivity index is 2.53. The molecule has 1 N–H and O–H groups in total. The Labute approximate surface area is 80.5 Å². The molecule has 3 heteroatoms. The van der Waals surface area contributed by atoms with E-state index in [0.717, 1.165) is 6.54 Å². The molecular weight excluding hydrogens is 164 g/mol. The summed E-state index contributed by atoms with van der Waals surface area (Å²) in [5.41, 5.74) is 0. The van der Waals surface area contributed by atoms with Crippen LogP contribution in [-0.2, 0) is 0 Å².